The number of amides is 2. The zero-order valence-corrected chi connectivity index (χ0v) is 19.5. The van der Waals surface area contributed by atoms with E-state index in [1.165, 1.54) is 0 Å². The van der Waals surface area contributed by atoms with E-state index in [9.17, 15) is 14.7 Å². The Hall–Kier alpha value is -3.02. The van der Waals surface area contributed by atoms with Gasteiger partial charge in [0, 0.05) is 23.7 Å². The van der Waals surface area contributed by atoms with Gasteiger partial charge >= 0.3 is 6.09 Å². The van der Waals surface area contributed by atoms with Crippen LogP contribution in [-0.2, 0) is 13.0 Å². The number of unbranched alkanes of at least 4 members (excludes halogenated alkanes) is 1. The van der Waals surface area contributed by atoms with Gasteiger partial charge in [-0.3, -0.25) is 9.69 Å². The van der Waals surface area contributed by atoms with Crippen LogP contribution in [0.3, 0.4) is 0 Å². The van der Waals surface area contributed by atoms with Crippen molar-refractivity contribution in [3.05, 3.63) is 65.2 Å². The minimum absolute atomic E-state index is 0.0380. The zero-order chi connectivity index (χ0) is 23.4. The number of nitrogens with zero attached hydrogens (tertiary/aromatic N) is 1. The summed E-state index contributed by atoms with van der Waals surface area (Å²) in [6.45, 7) is 2.52. The van der Waals surface area contributed by atoms with Gasteiger partial charge < -0.3 is 15.2 Å². The summed E-state index contributed by atoms with van der Waals surface area (Å²) in [5.41, 5.74) is 2.50. The van der Waals surface area contributed by atoms with E-state index in [1.54, 1.807) is 24.1 Å². The maximum atomic E-state index is 13.0. The van der Waals surface area contributed by atoms with Crippen LogP contribution >= 0.6 is 0 Å². The second-order valence-electron chi connectivity index (χ2n) is 9.64. The molecule has 2 aromatic rings. The minimum Gasteiger partial charge on any atom is -0.497 e. The lowest BCUT2D eigenvalue weighted by Crippen LogP contribution is -2.68. The fourth-order valence-electron chi connectivity index (χ4n) is 5.17. The monoisotopic (exact) mass is 450 g/mol. The highest BCUT2D eigenvalue weighted by Gasteiger charge is 2.61. The van der Waals surface area contributed by atoms with Crippen LogP contribution in [-0.4, -0.2) is 40.7 Å². The summed E-state index contributed by atoms with van der Waals surface area (Å²) in [6.07, 6.45) is 5.89. The highest BCUT2D eigenvalue weighted by molar-refractivity contribution is 5.94. The van der Waals surface area contributed by atoms with Gasteiger partial charge in [0.15, 0.2) is 0 Å². The van der Waals surface area contributed by atoms with E-state index < -0.39 is 6.09 Å². The van der Waals surface area contributed by atoms with Crippen molar-refractivity contribution in [2.75, 3.05) is 7.11 Å². The fourth-order valence-corrected chi connectivity index (χ4v) is 5.17. The first-order valence-corrected chi connectivity index (χ1v) is 12.0. The van der Waals surface area contributed by atoms with E-state index in [0.29, 0.717) is 12.1 Å². The molecule has 0 heterocycles. The van der Waals surface area contributed by atoms with Crippen molar-refractivity contribution in [3.8, 4) is 5.75 Å². The molecule has 6 heteroatoms. The molecule has 3 fully saturated rings. The van der Waals surface area contributed by atoms with Crippen LogP contribution in [0.4, 0.5) is 4.79 Å². The molecule has 0 aromatic heterocycles. The van der Waals surface area contributed by atoms with Gasteiger partial charge in [0.25, 0.3) is 5.91 Å². The third kappa shape index (κ3) is 5.15. The van der Waals surface area contributed by atoms with Crippen LogP contribution in [0.5, 0.6) is 5.75 Å². The third-order valence-corrected chi connectivity index (χ3v) is 7.22. The average molecular weight is 451 g/mol. The molecule has 0 spiro atoms. The van der Waals surface area contributed by atoms with Crippen molar-refractivity contribution in [1.29, 1.82) is 0 Å². The number of hydrogen-bond acceptors (Lipinski definition) is 3. The number of carbonyl (C=O) groups excluding carboxylic acids is 1. The zero-order valence-electron chi connectivity index (χ0n) is 19.5. The van der Waals surface area contributed by atoms with E-state index in [2.05, 4.69) is 18.3 Å². The summed E-state index contributed by atoms with van der Waals surface area (Å²) in [6, 6.07) is 15.4. The molecule has 3 saturated carbocycles. The molecule has 5 rings (SSSR count). The molecular weight excluding hydrogens is 416 g/mol. The molecule has 2 N–H and O–H groups in total. The summed E-state index contributed by atoms with van der Waals surface area (Å²) in [5.74, 6) is 1.44. The van der Waals surface area contributed by atoms with Crippen LogP contribution < -0.4 is 10.1 Å². The van der Waals surface area contributed by atoms with Crippen molar-refractivity contribution in [3.63, 3.8) is 0 Å². The van der Waals surface area contributed by atoms with Crippen molar-refractivity contribution in [1.82, 2.24) is 10.2 Å². The normalized spacial score (nSPS) is 21.3. The number of carboxylic acid groups (broad SMARTS) is 1. The SMILES string of the molecule is CCCC[C@@H](Cc1cccc(OC)c1)NC(=O)c1ccc(CN(C(=O)O)C23CC(C2)C3)cc1. The average Bonchev–Trinajstić information content (AvgIpc) is 2.75. The number of hydrogen-bond donors (Lipinski definition) is 2. The molecule has 2 bridgehead atoms. The highest BCUT2D eigenvalue weighted by atomic mass is 16.5. The Morgan fingerprint density at radius 3 is 2.45 bits per heavy atom. The van der Waals surface area contributed by atoms with Gasteiger partial charge in [-0.15, -0.1) is 0 Å². The van der Waals surface area contributed by atoms with Gasteiger partial charge in [-0.1, -0.05) is 44.0 Å². The molecule has 33 heavy (non-hydrogen) atoms. The van der Waals surface area contributed by atoms with Crippen LogP contribution in [0.15, 0.2) is 48.5 Å². The van der Waals surface area contributed by atoms with E-state index in [4.69, 9.17) is 4.74 Å². The number of benzene rings is 2. The summed E-state index contributed by atoms with van der Waals surface area (Å²) in [4.78, 5) is 26.3. The lowest BCUT2D eigenvalue weighted by Gasteiger charge is -2.65. The third-order valence-electron chi connectivity index (χ3n) is 7.22. The van der Waals surface area contributed by atoms with Crippen molar-refractivity contribution in [2.24, 2.45) is 5.92 Å². The summed E-state index contributed by atoms with van der Waals surface area (Å²) in [5, 5.41) is 12.9. The number of ether oxygens (including phenoxy) is 1. The maximum Gasteiger partial charge on any atom is 0.408 e. The maximum absolute atomic E-state index is 13.0. The van der Waals surface area contributed by atoms with Gasteiger partial charge in [0.05, 0.1) is 7.11 Å². The highest BCUT2D eigenvalue weighted by Crippen LogP contribution is 2.60. The predicted octanol–water partition coefficient (Wildman–Crippen LogP) is 5.26. The van der Waals surface area contributed by atoms with E-state index in [-0.39, 0.29) is 17.5 Å². The second-order valence-corrected chi connectivity index (χ2v) is 9.64. The Morgan fingerprint density at radius 2 is 1.88 bits per heavy atom. The van der Waals surface area contributed by atoms with Crippen molar-refractivity contribution < 1.29 is 19.4 Å². The number of rotatable bonds is 11. The Kier molecular flexibility index (Phi) is 6.91. The van der Waals surface area contributed by atoms with Crippen LogP contribution in [0.25, 0.3) is 0 Å². The molecule has 1 atom stereocenters. The van der Waals surface area contributed by atoms with Crippen LogP contribution in [0.1, 0.15) is 66.9 Å². The Labute approximate surface area is 195 Å². The first-order chi connectivity index (χ1) is 15.9. The lowest BCUT2D eigenvalue weighted by molar-refractivity contribution is -0.131. The topological polar surface area (TPSA) is 78.9 Å². The Morgan fingerprint density at radius 1 is 1.15 bits per heavy atom. The Balaban J connectivity index is 1.38. The van der Waals surface area contributed by atoms with Gasteiger partial charge in [-0.25, -0.2) is 4.79 Å². The van der Waals surface area contributed by atoms with Gasteiger partial charge in [-0.05, 0) is 73.4 Å². The predicted molar refractivity (Wildman–Crippen MR) is 128 cm³/mol. The first kappa shape index (κ1) is 23.1. The molecule has 6 nitrogen and oxygen atoms in total. The van der Waals surface area contributed by atoms with Gasteiger partial charge in [0.2, 0.25) is 0 Å². The second kappa shape index (κ2) is 9.86. The lowest BCUT2D eigenvalue weighted by atomic mass is 9.49. The van der Waals surface area contributed by atoms with E-state index >= 15 is 0 Å². The molecule has 0 aliphatic heterocycles. The van der Waals surface area contributed by atoms with Crippen LogP contribution in [0, 0.1) is 5.92 Å². The summed E-state index contributed by atoms with van der Waals surface area (Å²) in [7, 11) is 1.66. The number of carbonyl (C=O) groups is 2. The van der Waals surface area contributed by atoms with E-state index in [0.717, 1.165) is 67.7 Å². The largest absolute Gasteiger partial charge is 0.497 e. The molecule has 0 radical (unpaired) electrons. The number of methoxy groups -OCH3 is 1. The summed E-state index contributed by atoms with van der Waals surface area (Å²) >= 11 is 0. The first-order valence-electron chi connectivity index (χ1n) is 12.0. The molecule has 0 unspecified atom stereocenters. The molecular formula is C27H34N2O4. The molecule has 3 aliphatic carbocycles. The minimum atomic E-state index is -0.855. The standard InChI is InChI=1S/C27H34N2O4/c1-3-4-7-23(13-20-6-5-8-24(14-20)33-2)28-25(30)22-11-9-19(10-12-22)18-29(26(31)32)27-15-21(16-27)17-27/h5-6,8-12,14,21,23H,3-4,7,13,15-18H2,1-2H3,(H,28,30)(H,31,32)/t21?,23-,27?/m0/s1. The molecule has 176 valence electrons. The van der Waals surface area contributed by atoms with Crippen molar-refractivity contribution in [2.45, 2.75) is 70.0 Å². The van der Waals surface area contributed by atoms with Crippen molar-refractivity contribution >= 4 is 12.0 Å². The molecule has 0 saturated heterocycles. The van der Waals surface area contributed by atoms with Crippen LogP contribution in [0.2, 0.25) is 0 Å². The number of nitrogens with one attached hydrogen (secondary N) is 1. The fraction of sp³-hybridized carbons (Fsp3) is 0.481. The smallest absolute Gasteiger partial charge is 0.408 e. The quantitative estimate of drug-likeness (QED) is 0.490. The molecule has 2 amide bonds. The Bertz CT molecular complexity index is 971. The van der Waals surface area contributed by atoms with E-state index in [1.807, 2.05) is 30.3 Å². The summed E-state index contributed by atoms with van der Waals surface area (Å²) < 4.78 is 5.33. The molecule has 3 aliphatic rings. The van der Waals surface area contributed by atoms with Gasteiger partial charge in [-0.2, -0.15) is 0 Å². The molecule has 2 aromatic carbocycles. The van der Waals surface area contributed by atoms with Gasteiger partial charge in [0.1, 0.15) is 5.75 Å².